The van der Waals surface area contributed by atoms with Gasteiger partial charge in [-0.2, -0.15) is 5.92 Å². The summed E-state index contributed by atoms with van der Waals surface area (Å²) in [5, 5.41) is 8.52. The van der Waals surface area contributed by atoms with E-state index in [1.807, 2.05) is 13.8 Å². The highest BCUT2D eigenvalue weighted by Crippen LogP contribution is 1.88. The summed E-state index contributed by atoms with van der Waals surface area (Å²) >= 11 is 0. The van der Waals surface area contributed by atoms with Gasteiger partial charge in [-0.3, -0.25) is 0 Å². The molecule has 0 saturated carbocycles. The molecule has 0 aromatic rings. The van der Waals surface area contributed by atoms with Crippen LogP contribution in [0.4, 0.5) is 0 Å². The second-order valence-electron chi connectivity index (χ2n) is 3.21. The van der Waals surface area contributed by atoms with Gasteiger partial charge in [0.05, 0.1) is 0 Å². The van der Waals surface area contributed by atoms with Gasteiger partial charge in [-0.15, -0.1) is 0 Å². The fourth-order valence-corrected chi connectivity index (χ4v) is 0. The molecule has 0 fully saturated rings. The zero-order chi connectivity index (χ0) is 8.73. The zero-order valence-corrected chi connectivity index (χ0v) is 7.59. The average Bonchev–Trinajstić information content (AvgIpc) is 1.63. The number of rotatable bonds is 1. The van der Waals surface area contributed by atoms with Crippen molar-refractivity contribution in [2.75, 3.05) is 0 Å². The first-order valence-corrected chi connectivity index (χ1v) is 3.72. The SMILES string of the molecule is CC(C)C([NH3+])O.[CH2-]C(C)C. The summed E-state index contributed by atoms with van der Waals surface area (Å²) in [6.45, 7) is 11.6. The molecule has 64 valence electrons. The van der Waals surface area contributed by atoms with E-state index in [1.54, 1.807) is 0 Å². The Hall–Kier alpha value is -0.0800. The van der Waals surface area contributed by atoms with Gasteiger partial charge >= 0.3 is 0 Å². The van der Waals surface area contributed by atoms with E-state index < -0.39 is 6.23 Å². The molecule has 0 radical (unpaired) electrons. The molecule has 10 heavy (non-hydrogen) atoms. The van der Waals surface area contributed by atoms with Gasteiger partial charge < -0.3 is 17.8 Å². The maximum absolute atomic E-state index is 8.52. The summed E-state index contributed by atoms with van der Waals surface area (Å²) < 4.78 is 0. The van der Waals surface area contributed by atoms with Crippen LogP contribution in [0.15, 0.2) is 0 Å². The maximum atomic E-state index is 8.52. The molecule has 0 heterocycles. The van der Waals surface area contributed by atoms with Crippen LogP contribution in [0.3, 0.4) is 0 Å². The second kappa shape index (κ2) is 7.03. The monoisotopic (exact) mass is 147 g/mol. The van der Waals surface area contributed by atoms with Crippen LogP contribution < -0.4 is 5.73 Å². The van der Waals surface area contributed by atoms with Crippen molar-refractivity contribution in [3.05, 3.63) is 6.92 Å². The molecule has 2 heteroatoms. The highest BCUT2D eigenvalue weighted by molar-refractivity contribution is 4.38. The molecule has 0 rings (SSSR count). The van der Waals surface area contributed by atoms with Crippen LogP contribution >= 0.6 is 0 Å². The number of hydrogen-bond donors (Lipinski definition) is 2. The zero-order valence-electron chi connectivity index (χ0n) is 7.59. The molecule has 0 bridgehead atoms. The van der Waals surface area contributed by atoms with Crippen molar-refractivity contribution in [1.82, 2.24) is 0 Å². The molecule has 1 atom stereocenters. The van der Waals surface area contributed by atoms with E-state index in [0.29, 0.717) is 11.8 Å². The van der Waals surface area contributed by atoms with Gasteiger partial charge in [0.1, 0.15) is 0 Å². The highest BCUT2D eigenvalue weighted by atomic mass is 16.3. The van der Waals surface area contributed by atoms with Crippen molar-refractivity contribution in [1.29, 1.82) is 0 Å². The molecule has 0 spiro atoms. The van der Waals surface area contributed by atoms with Gasteiger partial charge in [-0.1, -0.05) is 27.7 Å². The third kappa shape index (κ3) is 24.7. The molecule has 0 aliphatic heterocycles. The lowest BCUT2D eigenvalue weighted by Gasteiger charge is -2.00. The Morgan fingerprint density at radius 1 is 1.20 bits per heavy atom. The second-order valence-corrected chi connectivity index (χ2v) is 3.21. The molecule has 2 nitrogen and oxygen atoms in total. The molecule has 0 amide bonds. The van der Waals surface area contributed by atoms with Gasteiger partial charge in [0, 0.05) is 5.92 Å². The van der Waals surface area contributed by atoms with Crippen LogP contribution in [0.2, 0.25) is 0 Å². The van der Waals surface area contributed by atoms with E-state index in [2.05, 4.69) is 26.5 Å². The van der Waals surface area contributed by atoms with Gasteiger partial charge in [0.25, 0.3) is 0 Å². The van der Waals surface area contributed by atoms with Crippen LogP contribution in [-0.4, -0.2) is 11.3 Å². The Kier molecular flexibility index (Phi) is 8.85. The minimum atomic E-state index is -0.398. The minimum Gasteiger partial charge on any atom is -0.345 e. The first kappa shape index (κ1) is 12.6. The lowest BCUT2D eigenvalue weighted by Crippen LogP contribution is -2.63. The predicted molar refractivity (Wildman–Crippen MR) is 43.9 cm³/mol. The van der Waals surface area contributed by atoms with Crippen LogP contribution in [0, 0.1) is 18.8 Å². The topological polar surface area (TPSA) is 47.9 Å². The molecular weight excluding hydrogens is 126 g/mol. The number of quaternary nitrogens is 1. The lowest BCUT2D eigenvalue weighted by atomic mass is 10.2. The van der Waals surface area contributed by atoms with Crippen molar-refractivity contribution in [2.45, 2.75) is 33.9 Å². The normalized spacial score (nSPS) is 12.9. The van der Waals surface area contributed by atoms with Gasteiger partial charge in [-0.05, 0) is 0 Å². The standard InChI is InChI=1S/C4H11NO.C4H9/c1-3(2)4(5)6;1-4(2)3/h3-4,6H,5H2,1-2H3;4H,1H2,2-3H3/q;-1/p+1. The molecule has 0 saturated heterocycles. The minimum absolute atomic E-state index is 0.296. The first-order chi connectivity index (χ1) is 4.37. The van der Waals surface area contributed by atoms with Crippen LogP contribution in [-0.2, 0) is 0 Å². The fraction of sp³-hybridized carbons (Fsp3) is 0.875. The highest BCUT2D eigenvalue weighted by Gasteiger charge is 2.02. The summed E-state index contributed by atoms with van der Waals surface area (Å²) in [5.74, 6) is 0.880. The lowest BCUT2D eigenvalue weighted by molar-refractivity contribution is -0.493. The quantitative estimate of drug-likeness (QED) is 0.416. The summed E-state index contributed by atoms with van der Waals surface area (Å²) in [4.78, 5) is 0. The Labute approximate surface area is 64.4 Å². The van der Waals surface area contributed by atoms with Crippen molar-refractivity contribution in [2.24, 2.45) is 11.8 Å². The number of hydrogen-bond acceptors (Lipinski definition) is 1. The largest absolute Gasteiger partial charge is 0.345 e. The smallest absolute Gasteiger partial charge is 0.188 e. The summed E-state index contributed by atoms with van der Waals surface area (Å²) in [6.07, 6.45) is -0.398. The Morgan fingerprint density at radius 2 is 1.30 bits per heavy atom. The van der Waals surface area contributed by atoms with Crippen molar-refractivity contribution >= 4 is 0 Å². The Morgan fingerprint density at radius 3 is 1.30 bits per heavy atom. The van der Waals surface area contributed by atoms with Crippen LogP contribution in [0.1, 0.15) is 27.7 Å². The maximum Gasteiger partial charge on any atom is 0.188 e. The predicted octanol–water partition coefficient (Wildman–Crippen LogP) is 0.679. The molecule has 0 aliphatic carbocycles. The third-order valence-corrected chi connectivity index (χ3v) is 0.770. The van der Waals surface area contributed by atoms with E-state index in [1.165, 1.54) is 0 Å². The van der Waals surface area contributed by atoms with Crippen molar-refractivity contribution in [3.63, 3.8) is 0 Å². The summed E-state index contributed by atoms with van der Waals surface area (Å²) in [5.41, 5.74) is 3.39. The fourth-order valence-electron chi connectivity index (χ4n) is 0. The van der Waals surface area contributed by atoms with Gasteiger partial charge in [0.2, 0.25) is 0 Å². The van der Waals surface area contributed by atoms with E-state index in [9.17, 15) is 0 Å². The van der Waals surface area contributed by atoms with Crippen molar-refractivity contribution < 1.29 is 10.8 Å². The van der Waals surface area contributed by atoms with E-state index in [4.69, 9.17) is 5.11 Å². The molecule has 1 unspecified atom stereocenters. The van der Waals surface area contributed by atoms with E-state index in [0.717, 1.165) is 0 Å². The Bertz CT molecular complexity index is 51.5. The van der Waals surface area contributed by atoms with Gasteiger partial charge in [0.15, 0.2) is 6.23 Å². The summed E-state index contributed by atoms with van der Waals surface area (Å²) in [6, 6.07) is 0. The van der Waals surface area contributed by atoms with Crippen molar-refractivity contribution in [3.8, 4) is 0 Å². The molecule has 0 aromatic heterocycles. The van der Waals surface area contributed by atoms with E-state index in [-0.39, 0.29) is 0 Å². The van der Waals surface area contributed by atoms with Crippen LogP contribution in [0.5, 0.6) is 0 Å². The Balaban J connectivity index is 0. The molecular formula is C8H21NO. The third-order valence-electron chi connectivity index (χ3n) is 0.770. The molecule has 0 aliphatic rings. The van der Waals surface area contributed by atoms with Crippen LogP contribution in [0.25, 0.3) is 0 Å². The first-order valence-electron chi connectivity index (χ1n) is 3.72. The molecule has 4 N–H and O–H groups in total. The molecule has 0 aromatic carbocycles. The van der Waals surface area contributed by atoms with Gasteiger partial charge in [-0.25, -0.2) is 0 Å². The average molecular weight is 147 g/mol. The summed E-state index contributed by atoms with van der Waals surface area (Å²) in [7, 11) is 0. The number of aliphatic hydroxyl groups excluding tert-OH is 1. The number of aliphatic hydroxyl groups is 1. The van der Waals surface area contributed by atoms with E-state index >= 15 is 0 Å².